The molecule has 0 aromatic heterocycles. The highest BCUT2D eigenvalue weighted by Crippen LogP contribution is 2.25. The first-order valence-corrected chi connectivity index (χ1v) is 11.1. The van der Waals surface area contributed by atoms with Crippen molar-refractivity contribution in [1.82, 2.24) is 5.32 Å². The SMILES string of the molecule is CCCCCCOc1ccc(N2C(=O)C[C@H](NCCc3ccc(OC)cc3)C2=O)cc1. The summed E-state index contributed by atoms with van der Waals surface area (Å²) in [5.74, 6) is 1.19. The summed E-state index contributed by atoms with van der Waals surface area (Å²) in [5.41, 5.74) is 1.74. The van der Waals surface area contributed by atoms with Crippen LogP contribution in [0.2, 0.25) is 0 Å². The van der Waals surface area contributed by atoms with Crippen LogP contribution in [0.5, 0.6) is 11.5 Å². The van der Waals surface area contributed by atoms with Crippen LogP contribution in [0.15, 0.2) is 48.5 Å². The molecule has 1 fully saturated rings. The maximum Gasteiger partial charge on any atom is 0.251 e. The van der Waals surface area contributed by atoms with Crippen molar-refractivity contribution < 1.29 is 19.1 Å². The maximum atomic E-state index is 12.8. The standard InChI is InChI=1S/C25H32N2O4/c1-3-4-5-6-17-31-22-13-9-20(10-14-22)27-24(28)18-23(25(27)29)26-16-15-19-7-11-21(30-2)12-8-19/h7-14,23,26H,3-6,15-18H2,1-2H3/t23-/m0/s1. The minimum Gasteiger partial charge on any atom is -0.497 e. The monoisotopic (exact) mass is 424 g/mol. The van der Waals surface area contributed by atoms with Crippen molar-refractivity contribution in [3.05, 3.63) is 54.1 Å². The fourth-order valence-electron chi connectivity index (χ4n) is 3.66. The van der Waals surface area contributed by atoms with Crippen LogP contribution in [0.3, 0.4) is 0 Å². The number of nitrogens with one attached hydrogen (secondary N) is 1. The Kier molecular flexibility index (Phi) is 8.47. The highest BCUT2D eigenvalue weighted by atomic mass is 16.5. The highest BCUT2D eigenvalue weighted by molar-refractivity contribution is 6.22. The molecule has 0 radical (unpaired) electrons. The van der Waals surface area contributed by atoms with E-state index in [4.69, 9.17) is 9.47 Å². The van der Waals surface area contributed by atoms with Crippen LogP contribution in [0, 0.1) is 0 Å². The van der Waals surface area contributed by atoms with Gasteiger partial charge in [0.25, 0.3) is 5.91 Å². The lowest BCUT2D eigenvalue weighted by Crippen LogP contribution is -2.39. The normalized spacial score (nSPS) is 16.1. The Morgan fingerprint density at radius 2 is 1.68 bits per heavy atom. The van der Waals surface area contributed by atoms with Gasteiger partial charge in [-0.2, -0.15) is 0 Å². The number of hydrogen-bond donors (Lipinski definition) is 1. The van der Waals surface area contributed by atoms with Gasteiger partial charge in [-0.1, -0.05) is 38.3 Å². The van der Waals surface area contributed by atoms with Gasteiger partial charge in [0.05, 0.1) is 31.9 Å². The number of carbonyl (C=O) groups is 2. The van der Waals surface area contributed by atoms with E-state index < -0.39 is 6.04 Å². The molecule has 0 unspecified atom stereocenters. The smallest absolute Gasteiger partial charge is 0.251 e. The number of methoxy groups -OCH3 is 1. The minimum atomic E-state index is -0.486. The van der Waals surface area contributed by atoms with E-state index in [-0.39, 0.29) is 18.2 Å². The van der Waals surface area contributed by atoms with Crippen molar-refractivity contribution in [1.29, 1.82) is 0 Å². The van der Waals surface area contributed by atoms with Gasteiger partial charge in [-0.15, -0.1) is 0 Å². The van der Waals surface area contributed by atoms with E-state index in [1.54, 1.807) is 19.2 Å². The number of ether oxygens (including phenoxy) is 2. The van der Waals surface area contributed by atoms with Crippen LogP contribution >= 0.6 is 0 Å². The van der Waals surface area contributed by atoms with Crippen LogP contribution in [-0.4, -0.2) is 38.1 Å². The Morgan fingerprint density at radius 3 is 2.35 bits per heavy atom. The molecule has 6 nitrogen and oxygen atoms in total. The Labute approximate surface area is 184 Å². The molecule has 31 heavy (non-hydrogen) atoms. The molecule has 1 heterocycles. The zero-order chi connectivity index (χ0) is 22.1. The van der Waals surface area contributed by atoms with E-state index in [0.29, 0.717) is 18.8 Å². The van der Waals surface area contributed by atoms with E-state index in [2.05, 4.69) is 12.2 Å². The Balaban J connectivity index is 1.48. The summed E-state index contributed by atoms with van der Waals surface area (Å²) >= 11 is 0. The Morgan fingerprint density at radius 1 is 0.968 bits per heavy atom. The van der Waals surface area contributed by atoms with Crippen molar-refractivity contribution in [2.45, 2.75) is 51.5 Å². The number of hydrogen-bond acceptors (Lipinski definition) is 5. The Hall–Kier alpha value is -2.86. The van der Waals surface area contributed by atoms with Crippen molar-refractivity contribution >= 4 is 17.5 Å². The van der Waals surface area contributed by atoms with Crippen molar-refractivity contribution in [2.24, 2.45) is 0 Å². The molecule has 3 rings (SSSR count). The summed E-state index contributed by atoms with van der Waals surface area (Å²) in [7, 11) is 1.64. The molecule has 2 aromatic carbocycles. The number of imide groups is 1. The second kappa shape index (κ2) is 11.5. The molecule has 2 aromatic rings. The quantitative estimate of drug-likeness (QED) is 0.410. The molecular formula is C25H32N2O4. The van der Waals surface area contributed by atoms with Crippen LogP contribution < -0.4 is 19.7 Å². The molecule has 0 saturated carbocycles. The van der Waals surface area contributed by atoms with E-state index in [0.717, 1.165) is 36.3 Å². The van der Waals surface area contributed by atoms with Crippen LogP contribution in [-0.2, 0) is 16.0 Å². The van der Waals surface area contributed by atoms with Gasteiger partial charge in [-0.05, 0) is 61.3 Å². The van der Waals surface area contributed by atoms with Gasteiger partial charge in [0.15, 0.2) is 0 Å². The average Bonchev–Trinajstić information content (AvgIpc) is 3.07. The molecule has 2 amide bonds. The number of anilines is 1. The first-order chi connectivity index (χ1) is 15.1. The topological polar surface area (TPSA) is 67.9 Å². The zero-order valence-corrected chi connectivity index (χ0v) is 18.4. The minimum absolute atomic E-state index is 0.178. The van der Waals surface area contributed by atoms with Gasteiger partial charge in [0, 0.05) is 0 Å². The van der Waals surface area contributed by atoms with Gasteiger partial charge in [-0.25, -0.2) is 4.90 Å². The fraction of sp³-hybridized carbons (Fsp3) is 0.440. The van der Waals surface area contributed by atoms with Crippen molar-refractivity contribution in [3.63, 3.8) is 0 Å². The molecular weight excluding hydrogens is 392 g/mol. The second-order valence-corrected chi connectivity index (χ2v) is 7.78. The fourth-order valence-corrected chi connectivity index (χ4v) is 3.66. The predicted molar refractivity (Wildman–Crippen MR) is 122 cm³/mol. The lowest BCUT2D eigenvalue weighted by atomic mass is 10.1. The number of unbranched alkanes of at least 4 members (excludes halogenated alkanes) is 3. The number of rotatable bonds is 12. The van der Waals surface area contributed by atoms with Crippen molar-refractivity contribution in [2.75, 3.05) is 25.2 Å². The van der Waals surface area contributed by atoms with Gasteiger partial charge in [0.1, 0.15) is 11.5 Å². The molecule has 0 spiro atoms. The summed E-state index contributed by atoms with van der Waals surface area (Å²) in [6.07, 6.45) is 5.56. The summed E-state index contributed by atoms with van der Waals surface area (Å²) in [4.78, 5) is 26.5. The summed E-state index contributed by atoms with van der Waals surface area (Å²) < 4.78 is 10.9. The first-order valence-electron chi connectivity index (χ1n) is 11.1. The molecule has 1 saturated heterocycles. The highest BCUT2D eigenvalue weighted by Gasteiger charge is 2.39. The van der Waals surface area contributed by atoms with Gasteiger partial charge >= 0.3 is 0 Å². The third-order valence-electron chi connectivity index (χ3n) is 5.47. The van der Waals surface area contributed by atoms with Gasteiger partial charge in [-0.3, -0.25) is 9.59 Å². The summed E-state index contributed by atoms with van der Waals surface area (Å²) in [6, 6.07) is 14.5. The molecule has 166 valence electrons. The lowest BCUT2D eigenvalue weighted by Gasteiger charge is -2.16. The molecule has 1 aliphatic rings. The van der Waals surface area contributed by atoms with E-state index in [9.17, 15) is 9.59 Å². The van der Waals surface area contributed by atoms with Crippen LogP contribution in [0.1, 0.15) is 44.6 Å². The lowest BCUT2D eigenvalue weighted by molar-refractivity contribution is -0.121. The van der Waals surface area contributed by atoms with Crippen molar-refractivity contribution in [3.8, 4) is 11.5 Å². The second-order valence-electron chi connectivity index (χ2n) is 7.78. The molecule has 0 bridgehead atoms. The number of amides is 2. The third kappa shape index (κ3) is 6.31. The molecule has 1 N–H and O–H groups in total. The number of nitrogens with zero attached hydrogens (tertiary/aromatic N) is 1. The number of benzene rings is 2. The van der Waals surface area contributed by atoms with Gasteiger partial charge in [0.2, 0.25) is 5.91 Å². The first kappa shape index (κ1) is 22.8. The van der Waals surface area contributed by atoms with E-state index in [1.165, 1.54) is 17.7 Å². The molecule has 1 atom stereocenters. The molecule has 1 aliphatic heterocycles. The largest absolute Gasteiger partial charge is 0.497 e. The molecule has 0 aliphatic carbocycles. The van der Waals surface area contributed by atoms with Crippen LogP contribution in [0.25, 0.3) is 0 Å². The summed E-state index contributed by atoms with van der Waals surface area (Å²) in [6.45, 7) is 3.48. The van der Waals surface area contributed by atoms with E-state index >= 15 is 0 Å². The average molecular weight is 425 g/mol. The van der Waals surface area contributed by atoms with Gasteiger partial charge < -0.3 is 14.8 Å². The Bertz CT molecular complexity index is 849. The van der Waals surface area contributed by atoms with E-state index in [1.807, 2.05) is 36.4 Å². The number of carbonyl (C=O) groups excluding carboxylic acids is 2. The maximum absolute atomic E-state index is 12.8. The summed E-state index contributed by atoms with van der Waals surface area (Å²) in [5, 5.41) is 3.23. The zero-order valence-electron chi connectivity index (χ0n) is 18.4. The predicted octanol–water partition coefficient (Wildman–Crippen LogP) is 4.12. The molecule has 6 heteroatoms. The van der Waals surface area contributed by atoms with Crippen LogP contribution in [0.4, 0.5) is 5.69 Å². The third-order valence-corrected chi connectivity index (χ3v) is 5.47.